The molecule has 1 amide bonds. The molecule has 1 fully saturated rings. The fourth-order valence-corrected chi connectivity index (χ4v) is 2.82. The maximum absolute atomic E-state index is 12.0. The van der Waals surface area contributed by atoms with Crippen LogP contribution >= 0.6 is 12.6 Å². The number of carbonyl (C=O) groups excluding carboxylic acids is 1. The summed E-state index contributed by atoms with van der Waals surface area (Å²) >= 11 is 4.46. The van der Waals surface area contributed by atoms with Crippen LogP contribution < -0.4 is 5.32 Å². The lowest BCUT2D eigenvalue weighted by Crippen LogP contribution is -2.38. The second kappa shape index (κ2) is 7.38. The van der Waals surface area contributed by atoms with Gasteiger partial charge in [-0.2, -0.15) is 0 Å². The van der Waals surface area contributed by atoms with Gasteiger partial charge < -0.3 is 15.0 Å². The van der Waals surface area contributed by atoms with Crippen LogP contribution in [-0.2, 0) is 11.2 Å². The molecule has 0 unspecified atom stereocenters. The van der Waals surface area contributed by atoms with E-state index in [0.29, 0.717) is 6.04 Å². The van der Waals surface area contributed by atoms with Gasteiger partial charge in [0.25, 0.3) is 0 Å². The lowest BCUT2D eigenvalue weighted by atomic mass is 10.1. The van der Waals surface area contributed by atoms with Crippen molar-refractivity contribution < 1.29 is 9.53 Å². The minimum Gasteiger partial charge on any atom is -0.444 e. The van der Waals surface area contributed by atoms with Crippen LogP contribution in [0.5, 0.6) is 0 Å². The van der Waals surface area contributed by atoms with Gasteiger partial charge in [0.15, 0.2) is 0 Å². The van der Waals surface area contributed by atoms with Crippen molar-refractivity contribution >= 4 is 18.7 Å². The number of amides is 1. The van der Waals surface area contributed by atoms with E-state index in [1.165, 1.54) is 5.56 Å². The van der Waals surface area contributed by atoms with E-state index in [4.69, 9.17) is 4.74 Å². The van der Waals surface area contributed by atoms with E-state index in [-0.39, 0.29) is 6.09 Å². The van der Waals surface area contributed by atoms with Crippen LogP contribution in [0.15, 0.2) is 29.2 Å². The molecule has 4 nitrogen and oxygen atoms in total. The number of ether oxygens (including phenoxy) is 1. The molecule has 1 heterocycles. The summed E-state index contributed by atoms with van der Waals surface area (Å²) in [4.78, 5) is 14.8. The van der Waals surface area contributed by atoms with Gasteiger partial charge in [0, 0.05) is 24.0 Å². The molecule has 0 radical (unpaired) electrons. The highest BCUT2D eigenvalue weighted by Gasteiger charge is 2.29. The SMILES string of the molecule is CC(C)(C)OC(=O)N1CC[C@@H](NCCc2ccccc2S)C1. The molecule has 0 aromatic heterocycles. The van der Waals surface area contributed by atoms with Crippen molar-refractivity contribution in [2.45, 2.75) is 50.2 Å². The first-order valence-electron chi connectivity index (χ1n) is 7.83. The van der Waals surface area contributed by atoms with E-state index in [1.807, 2.05) is 39.0 Å². The van der Waals surface area contributed by atoms with E-state index in [9.17, 15) is 4.79 Å². The largest absolute Gasteiger partial charge is 0.444 e. The Kier molecular flexibility index (Phi) is 5.75. The van der Waals surface area contributed by atoms with Gasteiger partial charge in [-0.1, -0.05) is 18.2 Å². The number of hydrogen-bond donors (Lipinski definition) is 2. The Morgan fingerprint density at radius 1 is 1.41 bits per heavy atom. The molecular formula is C17H26N2O2S. The molecule has 0 aliphatic carbocycles. The van der Waals surface area contributed by atoms with Crippen molar-refractivity contribution in [2.24, 2.45) is 0 Å². The Morgan fingerprint density at radius 3 is 2.82 bits per heavy atom. The third-order valence-electron chi connectivity index (χ3n) is 3.66. The van der Waals surface area contributed by atoms with Crippen molar-refractivity contribution in [3.8, 4) is 0 Å². The molecule has 1 aromatic rings. The third-order valence-corrected chi connectivity index (χ3v) is 4.10. The van der Waals surface area contributed by atoms with Crippen molar-refractivity contribution in [1.29, 1.82) is 0 Å². The van der Waals surface area contributed by atoms with Crippen LogP contribution in [0.3, 0.4) is 0 Å². The zero-order chi connectivity index (χ0) is 16.2. The predicted molar refractivity (Wildman–Crippen MR) is 91.6 cm³/mol. The Morgan fingerprint density at radius 2 is 2.14 bits per heavy atom. The summed E-state index contributed by atoms with van der Waals surface area (Å²) < 4.78 is 5.41. The highest BCUT2D eigenvalue weighted by molar-refractivity contribution is 7.80. The minimum atomic E-state index is -0.432. The Labute approximate surface area is 138 Å². The topological polar surface area (TPSA) is 41.6 Å². The van der Waals surface area contributed by atoms with Gasteiger partial charge in [0.2, 0.25) is 0 Å². The number of thiol groups is 1. The fraction of sp³-hybridized carbons (Fsp3) is 0.588. The summed E-state index contributed by atoms with van der Waals surface area (Å²) in [5, 5.41) is 3.52. The predicted octanol–water partition coefficient (Wildman–Crippen LogP) is 3.12. The van der Waals surface area contributed by atoms with Gasteiger partial charge in [-0.25, -0.2) is 4.79 Å². The van der Waals surface area contributed by atoms with E-state index < -0.39 is 5.60 Å². The van der Waals surface area contributed by atoms with Crippen molar-refractivity contribution in [2.75, 3.05) is 19.6 Å². The molecule has 122 valence electrons. The van der Waals surface area contributed by atoms with Crippen molar-refractivity contribution in [3.05, 3.63) is 29.8 Å². The third kappa shape index (κ3) is 5.21. The first-order valence-corrected chi connectivity index (χ1v) is 8.28. The second-order valence-corrected chi connectivity index (χ2v) is 7.23. The zero-order valence-electron chi connectivity index (χ0n) is 13.6. The van der Waals surface area contributed by atoms with Crippen LogP contribution in [0.2, 0.25) is 0 Å². The normalized spacial score (nSPS) is 18.5. The molecule has 1 N–H and O–H groups in total. The molecule has 0 bridgehead atoms. The van der Waals surface area contributed by atoms with Crippen molar-refractivity contribution in [1.82, 2.24) is 10.2 Å². The summed E-state index contributed by atoms with van der Waals surface area (Å²) in [6, 6.07) is 8.49. The highest BCUT2D eigenvalue weighted by Crippen LogP contribution is 2.16. The number of likely N-dealkylation sites (tertiary alicyclic amines) is 1. The number of hydrogen-bond acceptors (Lipinski definition) is 4. The molecule has 22 heavy (non-hydrogen) atoms. The number of nitrogens with one attached hydrogen (secondary N) is 1. The molecule has 5 heteroatoms. The smallest absolute Gasteiger partial charge is 0.410 e. The average Bonchev–Trinajstić information content (AvgIpc) is 2.88. The van der Waals surface area contributed by atoms with E-state index in [2.05, 4.69) is 24.0 Å². The van der Waals surface area contributed by atoms with Gasteiger partial charge in [0.1, 0.15) is 5.60 Å². The molecule has 1 atom stereocenters. The van der Waals surface area contributed by atoms with E-state index >= 15 is 0 Å². The maximum atomic E-state index is 12.0. The van der Waals surface area contributed by atoms with Crippen LogP contribution in [0.25, 0.3) is 0 Å². The molecule has 2 rings (SSSR count). The van der Waals surface area contributed by atoms with Crippen LogP contribution in [-0.4, -0.2) is 42.3 Å². The van der Waals surface area contributed by atoms with E-state index in [1.54, 1.807) is 4.90 Å². The van der Waals surface area contributed by atoms with E-state index in [0.717, 1.165) is 37.4 Å². The average molecular weight is 322 g/mol. The summed E-state index contributed by atoms with van der Waals surface area (Å²) in [6.45, 7) is 8.06. The summed E-state index contributed by atoms with van der Waals surface area (Å²) in [7, 11) is 0. The zero-order valence-corrected chi connectivity index (χ0v) is 14.5. The highest BCUT2D eigenvalue weighted by atomic mass is 32.1. The lowest BCUT2D eigenvalue weighted by molar-refractivity contribution is 0.0291. The number of nitrogens with zero attached hydrogens (tertiary/aromatic N) is 1. The standard InChI is InChI=1S/C17H26N2O2S/c1-17(2,3)21-16(20)19-11-9-14(12-19)18-10-8-13-6-4-5-7-15(13)22/h4-7,14,18,22H,8-12H2,1-3H3/t14-/m1/s1. The quantitative estimate of drug-likeness (QED) is 0.837. The molecule has 0 saturated carbocycles. The van der Waals surface area contributed by atoms with Gasteiger partial charge in [-0.3, -0.25) is 0 Å². The summed E-state index contributed by atoms with van der Waals surface area (Å²) in [5.74, 6) is 0. The number of carbonyl (C=O) groups is 1. The molecular weight excluding hydrogens is 296 g/mol. The summed E-state index contributed by atoms with van der Waals surface area (Å²) in [6.07, 6.45) is 1.71. The monoisotopic (exact) mass is 322 g/mol. The first-order chi connectivity index (χ1) is 10.3. The lowest BCUT2D eigenvalue weighted by Gasteiger charge is -2.24. The number of rotatable bonds is 4. The molecule has 1 aromatic carbocycles. The first kappa shape index (κ1) is 17.2. The van der Waals surface area contributed by atoms with Crippen LogP contribution in [0.1, 0.15) is 32.8 Å². The Balaban J connectivity index is 1.73. The maximum Gasteiger partial charge on any atom is 0.410 e. The Hall–Kier alpha value is -1.20. The van der Waals surface area contributed by atoms with Gasteiger partial charge in [0.05, 0.1) is 0 Å². The molecule has 1 saturated heterocycles. The molecule has 1 aliphatic rings. The molecule has 1 aliphatic heterocycles. The second-order valence-electron chi connectivity index (χ2n) is 6.74. The van der Waals surface area contributed by atoms with Crippen molar-refractivity contribution in [3.63, 3.8) is 0 Å². The van der Waals surface area contributed by atoms with Crippen LogP contribution in [0, 0.1) is 0 Å². The fourth-order valence-electron chi connectivity index (χ4n) is 2.55. The van der Waals surface area contributed by atoms with Gasteiger partial charge in [-0.05, 0) is 51.8 Å². The summed E-state index contributed by atoms with van der Waals surface area (Å²) in [5.41, 5.74) is 0.819. The molecule has 0 spiro atoms. The minimum absolute atomic E-state index is 0.211. The Bertz CT molecular complexity index is 514. The van der Waals surface area contributed by atoms with Gasteiger partial charge in [-0.15, -0.1) is 12.6 Å². The van der Waals surface area contributed by atoms with Gasteiger partial charge >= 0.3 is 6.09 Å². The van der Waals surface area contributed by atoms with Crippen LogP contribution in [0.4, 0.5) is 4.79 Å². The number of benzene rings is 1.